The van der Waals surface area contributed by atoms with Crippen molar-refractivity contribution in [3.05, 3.63) is 18.2 Å². The fourth-order valence-corrected chi connectivity index (χ4v) is 2.70. The van der Waals surface area contributed by atoms with Gasteiger partial charge in [-0.15, -0.1) is 0 Å². The molecule has 0 fully saturated rings. The molecule has 2 N–H and O–H groups in total. The lowest BCUT2D eigenvalue weighted by Crippen LogP contribution is -2.36. The van der Waals surface area contributed by atoms with Crippen molar-refractivity contribution in [1.29, 1.82) is 0 Å². The van der Waals surface area contributed by atoms with Crippen molar-refractivity contribution in [2.75, 3.05) is 13.1 Å². The first-order valence-electron chi connectivity index (χ1n) is 7.13. The summed E-state index contributed by atoms with van der Waals surface area (Å²) in [5.74, 6) is 1.97. The minimum atomic E-state index is 0.347. The fourth-order valence-electron chi connectivity index (χ4n) is 2.70. The Morgan fingerprint density at radius 3 is 2.94 bits per heavy atom. The van der Waals surface area contributed by atoms with Gasteiger partial charge in [0.15, 0.2) is 0 Å². The quantitative estimate of drug-likeness (QED) is 0.838. The van der Waals surface area contributed by atoms with Gasteiger partial charge in [0.2, 0.25) is 0 Å². The number of imidazole rings is 1. The molecule has 4 heteroatoms. The Balaban J connectivity index is 1.71. The van der Waals surface area contributed by atoms with Crippen molar-refractivity contribution in [1.82, 2.24) is 14.5 Å². The van der Waals surface area contributed by atoms with E-state index >= 15 is 0 Å². The van der Waals surface area contributed by atoms with Crippen LogP contribution in [0.2, 0.25) is 0 Å². The zero-order valence-corrected chi connectivity index (χ0v) is 11.7. The zero-order valence-electron chi connectivity index (χ0n) is 11.7. The summed E-state index contributed by atoms with van der Waals surface area (Å²) >= 11 is 0. The monoisotopic (exact) mass is 250 g/mol. The van der Waals surface area contributed by atoms with E-state index in [1.807, 2.05) is 6.20 Å². The number of fused-ring (bicyclic) bond motifs is 1. The minimum absolute atomic E-state index is 0.347. The molecule has 4 nitrogen and oxygen atoms in total. The third kappa shape index (κ3) is 3.82. The van der Waals surface area contributed by atoms with Crippen LogP contribution >= 0.6 is 0 Å². The van der Waals surface area contributed by atoms with Crippen molar-refractivity contribution in [3.8, 4) is 0 Å². The van der Waals surface area contributed by atoms with Crippen LogP contribution in [0.1, 0.15) is 38.9 Å². The second kappa shape index (κ2) is 6.34. The van der Waals surface area contributed by atoms with Crippen LogP contribution in [0.25, 0.3) is 0 Å². The van der Waals surface area contributed by atoms with Gasteiger partial charge in [-0.2, -0.15) is 0 Å². The first-order valence-corrected chi connectivity index (χ1v) is 7.13. The molecular formula is C14H26N4. The molecule has 1 aromatic rings. The van der Waals surface area contributed by atoms with Gasteiger partial charge in [-0.3, -0.25) is 4.90 Å². The van der Waals surface area contributed by atoms with Gasteiger partial charge in [-0.1, -0.05) is 13.3 Å². The molecule has 2 unspecified atom stereocenters. The second-order valence-electron chi connectivity index (χ2n) is 5.79. The van der Waals surface area contributed by atoms with E-state index in [2.05, 4.69) is 34.5 Å². The molecular weight excluding hydrogens is 224 g/mol. The number of hydrogen-bond donors (Lipinski definition) is 1. The van der Waals surface area contributed by atoms with Crippen LogP contribution < -0.4 is 5.73 Å². The van der Waals surface area contributed by atoms with E-state index in [-0.39, 0.29) is 0 Å². The molecule has 0 saturated heterocycles. The third-order valence-electron chi connectivity index (χ3n) is 3.75. The van der Waals surface area contributed by atoms with E-state index in [0.29, 0.717) is 6.04 Å². The molecule has 1 aromatic heterocycles. The topological polar surface area (TPSA) is 47.1 Å². The molecule has 2 rings (SSSR count). The maximum Gasteiger partial charge on any atom is 0.122 e. The highest BCUT2D eigenvalue weighted by Gasteiger charge is 2.18. The summed E-state index contributed by atoms with van der Waals surface area (Å²) in [5.41, 5.74) is 5.78. The standard InChI is InChI=1S/C14H26N4/c1-12(4-3-5-13(2)15)10-17-8-9-18-7-6-16-14(18)11-17/h6-7,12-13H,3-5,8-11,15H2,1-2H3. The van der Waals surface area contributed by atoms with Crippen LogP contribution in [0.4, 0.5) is 0 Å². The van der Waals surface area contributed by atoms with Gasteiger partial charge in [0, 0.05) is 38.1 Å². The Morgan fingerprint density at radius 2 is 2.17 bits per heavy atom. The molecule has 1 aliphatic heterocycles. The summed E-state index contributed by atoms with van der Waals surface area (Å²) in [4.78, 5) is 6.93. The van der Waals surface area contributed by atoms with Crippen molar-refractivity contribution < 1.29 is 0 Å². The summed E-state index contributed by atoms with van der Waals surface area (Å²) in [7, 11) is 0. The van der Waals surface area contributed by atoms with Crippen LogP contribution in [0, 0.1) is 5.92 Å². The summed E-state index contributed by atoms with van der Waals surface area (Å²) in [5, 5.41) is 0. The Labute approximate surface area is 110 Å². The lowest BCUT2D eigenvalue weighted by molar-refractivity contribution is 0.185. The van der Waals surface area contributed by atoms with Crippen LogP contribution in [0.3, 0.4) is 0 Å². The molecule has 1 aliphatic rings. The Kier molecular flexibility index (Phi) is 4.78. The average molecular weight is 250 g/mol. The highest BCUT2D eigenvalue weighted by Crippen LogP contribution is 2.15. The van der Waals surface area contributed by atoms with Crippen LogP contribution in [0.5, 0.6) is 0 Å². The number of nitrogens with zero attached hydrogens (tertiary/aromatic N) is 3. The second-order valence-corrected chi connectivity index (χ2v) is 5.79. The third-order valence-corrected chi connectivity index (χ3v) is 3.75. The van der Waals surface area contributed by atoms with Gasteiger partial charge in [0.1, 0.15) is 5.82 Å². The molecule has 0 saturated carbocycles. The van der Waals surface area contributed by atoms with Crippen molar-refractivity contribution in [2.45, 2.75) is 52.2 Å². The Hall–Kier alpha value is -0.870. The van der Waals surface area contributed by atoms with E-state index in [1.54, 1.807) is 0 Å². The molecule has 0 aliphatic carbocycles. The molecule has 102 valence electrons. The fraction of sp³-hybridized carbons (Fsp3) is 0.786. The lowest BCUT2D eigenvalue weighted by Gasteiger charge is -2.29. The van der Waals surface area contributed by atoms with Crippen LogP contribution in [0.15, 0.2) is 12.4 Å². The molecule has 2 atom stereocenters. The number of nitrogens with two attached hydrogens (primary N) is 1. The highest BCUT2D eigenvalue weighted by molar-refractivity contribution is 4.95. The molecule has 0 spiro atoms. The van der Waals surface area contributed by atoms with Gasteiger partial charge < -0.3 is 10.3 Å². The molecule has 0 radical (unpaired) electrons. The molecule has 2 heterocycles. The van der Waals surface area contributed by atoms with Crippen LogP contribution in [-0.4, -0.2) is 33.6 Å². The number of hydrogen-bond acceptors (Lipinski definition) is 3. The van der Waals surface area contributed by atoms with Gasteiger partial charge in [0.25, 0.3) is 0 Å². The van der Waals surface area contributed by atoms with Gasteiger partial charge in [-0.25, -0.2) is 4.98 Å². The molecule has 0 amide bonds. The van der Waals surface area contributed by atoms with Gasteiger partial charge >= 0.3 is 0 Å². The highest BCUT2D eigenvalue weighted by atomic mass is 15.2. The van der Waals surface area contributed by atoms with E-state index in [9.17, 15) is 0 Å². The SMILES string of the molecule is CC(N)CCCC(C)CN1CCn2ccnc2C1. The van der Waals surface area contributed by atoms with E-state index < -0.39 is 0 Å². The summed E-state index contributed by atoms with van der Waals surface area (Å²) in [6.07, 6.45) is 7.67. The maximum atomic E-state index is 5.78. The average Bonchev–Trinajstić information content (AvgIpc) is 2.75. The zero-order chi connectivity index (χ0) is 13.0. The summed E-state index contributed by atoms with van der Waals surface area (Å²) in [6.45, 7) is 8.87. The number of rotatable bonds is 6. The van der Waals surface area contributed by atoms with Gasteiger partial charge in [0.05, 0.1) is 6.54 Å². The normalized spacial score (nSPS) is 19.5. The van der Waals surface area contributed by atoms with E-state index in [0.717, 1.165) is 32.0 Å². The predicted molar refractivity (Wildman–Crippen MR) is 74.2 cm³/mol. The Bertz CT molecular complexity index is 358. The lowest BCUT2D eigenvalue weighted by atomic mass is 10.0. The predicted octanol–water partition coefficient (Wildman–Crippen LogP) is 1.85. The van der Waals surface area contributed by atoms with Gasteiger partial charge in [-0.05, 0) is 25.7 Å². The first-order chi connectivity index (χ1) is 8.65. The summed E-state index contributed by atoms with van der Waals surface area (Å²) in [6, 6.07) is 0.347. The largest absolute Gasteiger partial charge is 0.333 e. The Morgan fingerprint density at radius 1 is 1.33 bits per heavy atom. The maximum absolute atomic E-state index is 5.78. The molecule has 18 heavy (non-hydrogen) atoms. The molecule has 0 bridgehead atoms. The van der Waals surface area contributed by atoms with Crippen molar-refractivity contribution in [3.63, 3.8) is 0 Å². The smallest absolute Gasteiger partial charge is 0.122 e. The van der Waals surface area contributed by atoms with E-state index in [4.69, 9.17) is 5.73 Å². The molecule has 0 aromatic carbocycles. The first kappa shape index (κ1) is 13.6. The van der Waals surface area contributed by atoms with Crippen molar-refractivity contribution >= 4 is 0 Å². The van der Waals surface area contributed by atoms with Crippen LogP contribution in [-0.2, 0) is 13.1 Å². The number of aromatic nitrogens is 2. The van der Waals surface area contributed by atoms with Crippen molar-refractivity contribution in [2.24, 2.45) is 11.7 Å². The minimum Gasteiger partial charge on any atom is -0.333 e. The summed E-state index contributed by atoms with van der Waals surface area (Å²) < 4.78 is 2.26. The van der Waals surface area contributed by atoms with E-state index in [1.165, 1.54) is 25.2 Å².